The molecule has 1 spiro atoms. The Hall–Kier alpha value is -2.61. The molecule has 0 radical (unpaired) electrons. The van der Waals surface area contributed by atoms with Crippen LogP contribution in [0.5, 0.6) is 0 Å². The van der Waals surface area contributed by atoms with Crippen molar-refractivity contribution in [2.24, 2.45) is 23.7 Å². The van der Waals surface area contributed by atoms with E-state index in [0.717, 1.165) is 64.6 Å². The van der Waals surface area contributed by atoms with Gasteiger partial charge in [-0.15, -0.1) is 0 Å². The molecular weight excluding hydrogens is 609 g/mol. The summed E-state index contributed by atoms with van der Waals surface area (Å²) in [6.45, 7) is 10.7. The number of carbonyl (C=O) groups is 1. The molecule has 2 aliphatic carbocycles. The van der Waals surface area contributed by atoms with Gasteiger partial charge in [0.25, 0.3) is 0 Å². The van der Waals surface area contributed by atoms with Crippen molar-refractivity contribution in [3.63, 3.8) is 0 Å². The Balaban J connectivity index is 0.878. The second-order valence-electron chi connectivity index (χ2n) is 15.0. The largest absolute Gasteiger partial charge is 0.477 e. The molecule has 8 atom stereocenters. The number of aromatic carboxylic acids is 1. The van der Waals surface area contributed by atoms with Crippen LogP contribution in [-0.4, -0.2) is 83.8 Å². The first-order chi connectivity index (χ1) is 22.6. The van der Waals surface area contributed by atoms with E-state index in [1.165, 1.54) is 12.3 Å². The van der Waals surface area contributed by atoms with Crippen LogP contribution in [0.15, 0.2) is 23.1 Å². The third-order valence-electron chi connectivity index (χ3n) is 12.0. The van der Waals surface area contributed by atoms with Crippen LogP contribution in [0.25, 0.3) is 10.9 Å². The van der Waals surface area contributed by atoms with Gasteiger partial charge in [0.15, 0.2) is 18.2 Å². The number of rotatable bonds is 8. The summed E-state index contributed by atoms with van der Waals surface area (Å²) in [7, 11) is 0. The number of pyridine rings is 1. The van der Waals surface area contributed by atoms with Gasteiger partial charge in [-0.25, -0.2) is 19.0 Å². The van der Waals surface area contributed by atoms with Gasteiger partial charge < -0.3 is 28.8 Å². The second-order valence-corrected chi connectivity index (χ2v) is 15.0. The van der Waals surface area contributed by atoms with Gasteiger partial charge in [0.1, 0.15) is 11.4 Å². The van der Waals surface area contributed by atoms with Gasteiger partial charge >= 0.3 is 5.97 Å². The molecule has 9 rings (SSSR count). The number of hydrogen-bond acceptors (Lipinski definition) is 9. The van der Waals surface area contributed by atoms with Crippen LogP contribution in [0, 0.1) is 29.5 Å². The van der Waals surface area contributed by atoms with E-state index in [-0.39, 0.29) is 35.1 Å². The molecule has 1 N–H and O–H groups in total. The van der Waals surface area contributed by atoms with Gasteiger partial charge in [0.2, 0.25) is 11.2 Å². The van der Waals surface area contributed by atoms with E-state index in [4.69, 9.17) is 24.0 Å². The second kappa shape index (κ2) is 11.8. The average molecular weight is 656 g/mol. The van der Waals surface area contributed by atoms with Crippen LogP contribution in [-0.2, 0) is 24.0 Å². The van der Waals surface area contributed by atoms with Crippen LogP contribution >= 0.6 is 0 Å². The smallest absolute Gasteiger partial charge is 0.341 e. The maximum Gasteiger partial charge on any atom is 0.341 e. The first-order valence-electron chi connectivity index (χ1n) is 17.5. The van der Waals surface area contributed by atoms with Crippen LogP contribution in [0.2, 0.25) is 0 Å². The van der Waals surface area contributed by atoms with Crippen molar-refractivity contribution in [1.29, 1.82) is 0 Å². The number of aromatic nitrogens is 1. The minimum Gasteiger partial charge on any atom is -0.477 e. The number of hydrogen-bond donors (Lipinski definition) is 1. The summed E-state index contributed by atoms with van der Waals surface area (Å²) in [5.41, 5.74) is -0.499. The SMILES string of the molecule is C[C@H]1[C@@H](OCCCN2CCN(c3cc4c(cc3F)c(=O)c(C(=O)O)cn4C3CC3)CC2)O[C@@H]2O[C@]3(C)CCC4[C@H](C)CC[C@@H]1C42OO3. The van der Waals surface area contributed by atoms with E-state index in [2.05, 4.69) is 18.7 Å². The third-order valence-corrected chi connectivity index (χ3v) is 12.0. The summed E-state index contributed by atoms with van der Waals surface area (Å²) >= 11 is 0. The monoisotopic (exact) mass is 655 g/mol. The third kappa shape index (κ3) is 5.30. The molecule has 12 heteroatoms. The predicted molar refractivity (Wildman–Crippen MR) is 169 cm³/mol. The van der Waals surface area contributed by atoms with Crippen molar-refractivity contribution < 1.29 is 38.3 Å². The average Bonchev–Trinajstić information content (AvgIpc) is 3.91. The number of piperazine rings is 1. The van der Waals surface area contributed by atoms with Crippen molar-refractivity contribution in [2.45, 2.75) is 95.7 Å². The highest BCUT2D eigenvalue weighted by atomic mass is 19.1. The van der Waals surface area contributed by atoms with E-state index in [1.807, 2.05) is 16.4 Å². The molecular formula is C35H46FN3O8. The molecule has 2 saturated carbocycles. The Kier molecular flexibility index (Phi) is 7.92. The van der Waals surface area contributed by atoms with Crippen molar-refractivity contribution in [2.75, 3.05) is 44.2 Å². The number of halogens is 1. The van der Waals surface area contributed by atoms with Crippen LogP contribution in [0.3, 0.4) is 0 Å². The van der Waals surface area contributed by atoms with E-state index in [1.54, 1.807) is 6.07 Å². The molecule has 1 aromatic carbocycles. The van der Waals surface area contributed by atoms with Gasteiger partial charge in [-0.3, -0.25) is 9.69 Å². The summed E-state index contributed by atoms with van der Waals surface area (Å²) in [6, 6.07) is 3.09. The summed E-state index contributed by atoms with van der Waals surface area (Å²) < 4.78 is 36.7. The lowest BCUT2D eigenvalue weighted by Gasteiger charge is -2.60. The first-order valence-corrected chi connectivity index (χ1v) is 17.5. The van der Waals surface area contributed by atoms with E-state index in [9.17, 15) is 14.7 Å². The fourth-order valence-electron chi connectivity index (χ4n) is 9.17. The molecule has 5 aliphatic heterocycles. The standard InChI is InChI=1S/C35H46FN3O8/c1-20-5-8-26-21(2)32(44-33-35(26)25(20)9-10-34(3,45-33)46-47-35)43-16-4-11-37-12-14-38(15-13-37)29-18-28-23(17-27(29)36)30(40)24(31(41)42)19-39(28)22-6-7-22/h17-22,25-26,32-33H,4-16H2,1-3H3,(H,41,42)/t20-,21-,25?,26+,32+,33-,34+,35?/m1/s1. The fraction of sp³-hybridized carbons (Fsp3) is 0.714. The zero-order chi connectivity index (χ0) is 32.7. The Morgan fingerprint density at radius 2 is 1.85 bits per heavy atom. The minimum absolute atomic E-state index is 0.120. The minimum atomic E-state index is -1.29. The Morgan fingerprint density at radius 3 is 2.60 bits per heavy atom. The van der Waals surface area contributed by atoms with Crippen LogP contribution in [0.4, 0.5) is 10.1 Å². The summed E-state index contributed by atoms with van der Waals surface area (Å²) in [5.74, 6) is -1.37. The van der Waals surface area contributed by atoms with E-state index < -0.39 is 34.9 Å². The predicted octanol–water partition coefficient (Wildman–Crippen LogP) is 4.91. The summed E-state index contributed by atoms with van der Waals surface area (Å²) in [6.07, 6.45) is 7.18. The van der Waals surface area contributed by atoms with E-state index >= 15 is 4.39 Å². The molecule has 5 saturated heterocycles. The lowest BCUT2D eigenvalue weighted by molar-refractivity contribution is -0.577. The fourth-order valence-corrected chi connectivity index (χ4v) is 9.17. The molecule has 2 bridgehead atoms. The zero-order valence-corrected chi connectivity index (χ0v) is 27.5. The quantitative estimate of drug-likeness (QED) is 0.311. The summed E-state index contributed by atoms with van der Waals surface area (Å²) in [4.78, 5) is 41.1. The highest BCUT2D eigenvalue weighted by molar-refractivity contribution is 5.93. The Labute approximate surface area is 273 Å². The molecule has 47 heavy (non-hydrogen) atoms. The molecule has 2 unspecified atom stereocenters. The highest BCUT2D eigenvalue weighted by Crippen LogP contribution is 2.60. The zero-order valence-electron chi connectivity index (χ0n) is 27.5. The van der Waals surface area contributed by atoms with Crippen LogP contribution in [0.1, 0.15) is 82.1 Å². The molecule has 0 amide bonds. The van der Waals surface area contributed by atoms with Crippen molar-refractivity contribution in [3.05, 3.63) is 39.9 Å². The van der Waals surface area contributed by atoms with Gasteiger partial charge in [0, 0.05) is 68.6 Å². The van der Waals surface area contributed by atoms with Crippen molar-refractivity contribution in [3.8, 4) is 0 Å². The number of nitrogens with zero attached hydrogens (tertiary/aromatic N) is 3. The van der Waals surface area contributed by atoms with Gasteiger partial charge in [-0.2, -0.15) is 0 Å². The number of fused-ring (bicyclic) bond motifs is 3. The lowest BCUT2D eigenvalue weighted by Crippen LogP contribution is -2.70. The number of carboxylic acids is 1. The lowest BCUT2D eigenvalue weighted by atomic mass is 9.58. The normalized spacial score (nSPS) is 37.1. The van der Waals surface area contributed by atoms with Crippen molar-refractivity contribution >= 4 is 22.6 Å². The van der Waals surface area contributed by atoms with Gasteiger partial charge in [0.05, 0.1) is 17.8 Å². The number of anilines is 1. The topological polar surface area (TPSA) is 112 Å². The molecule has 7 aliphatic rings. The van der Waals surface area contributed by atoms with E-state index in [0.29, 0.717) is 42.7 Å². The maximum atomic E-state index is 15.4. The molecule has 2 aromatic rings. The van der Waals surface area contributed by atoms with Gasteiger partial charge in [-0.1, -0.05) is 13.8 Å². The molecule has 11 nitrogen and oxygen atoms in total. The number of ether oxygens (including phenoxy) is 3. The first kappa shape index (κ1) is 31.6. The van der Waals surface area contributed by atoms with Gasteiger partial charge in [-0.05, 0) is 69.4 Å². The molecule has 7 fully saturated rings. The highest BCUT2D eigenvalue weighted by Gasteiger charge is 2.69. The van der Waals surface area contributed by atoms with Crippen molar-refractivity contribution in [1.82, 2.24) is 9.47 Å². The molecule has 256 valence electrons. The number of benzene rings is 1. The summed E-state index contributed by atoms with van der Waals surface area (Å²) in [5, 5.41) is 9.65. The maximum absolute atomic E-state index is 15.4. The Morgan fingerprint density at radius 1 is 1.06 bits per heavy atom. The Bertz CT molecular complexity index is 1610. The molecule has 6 heterocycles. The molecule has 1 aromatic heterocycles. The number of carboxylic acid groups (broad SMARTS) is 1. The van der Waals surface area contributed by atoms with Crippen LogP contribution < -0.4 is 10.3 Å².